The predicted molar refractivity (Wildman–Crippen MR) is 89.7 cm³/mol. The number of hydrogen-bond donors (Lipinski definition) is 0. The van der Waals surface area contributed by atoms with Gasteiger partial charge in [-0.3, -0.25) is 0 Å². The number of hydrogen-bond acceptors (Lipinski definition) is 3. The fraction of sp³-hybridized carbons (Fsp3) is 0.133. The molecule has 0 fully saturated rings. The molecule has 0 aliphatic rings. The summed E-state index contributed by atoms with van der Waals surface area (Å²) in [5.41, 5.74) is 1.93. The first-order valence-corrected chi connectivity index (χ1v) is 9.14. The molecule has 0 bridgehead atoms. The minimum atomic E-state index is -3.74. The van der Waals surface area contributed by atoms with E-state index in [1.165, 1.54) is 23.5 Å². The summed E-state index contributed by atoms with van der Waals surface area (Å²) in [7, 11) is -1.94. The quantitative estimate of drug-likeness (QED) is 0.708. The number of rotatable bonds is 2. The van der Waals surface area contributed by atoms with Crippen LogP contribution >= 0.6 is 22.9 Å². The minimum Gasteiger partial charge on any atom is -0.319 e. The second-order valence-electron chi connectivity index (χ2n) is 4.87. The number of aryl methyl sites for hydroxylation is 2. The van der Waals surface area contributed by atoms with E-state index in [4.69, 9.17) is 11.6 Å². The standard InChI is InChI=1S/C15H13ClN2O2S2/c1-10-8-9-12(16)14-13(10)18(2)15(21-14)17-22(19,20)11-6-4-3-5-7-11/h3-9H,1-2H3. The summed E-state index contributed by atoms with van der Waals surface area (Å²) in [6.45, 7) is 1.96. The summed E-state index contributed by atoms with van der Waals surface area (Å²) in [5, 5.41) is 0.597. The van der Waals surface area contributed by atoms with E-state index in [-0.39, 0.29) is 4.90 Å². The molecule has 0 aliphatic carbocycles. The van der Waals surface area contributed by atoms with Gasteiger partial charge in [-0.1, -0.05) is 47.2 Å². The van der Waals surface area contributed by atoms with E-state index in [1.54, 1.807) is 29.8 Å². The average Bonchev–Trinajstić information content (AvgIpc) is 2.82. The highest BCUT2D eigenvalue weighted by molar-refractivity contribution is 7.90. The summed E-state index contributed by atoms with van der Waals surface area (Å²) in [5.74, 6) is 0. The smallest absolute Gasteiger partial charge is 0.285 e. The van der Waals surface area contributed by atoms with Crippen molar-refractivity contribution in [2.75, 3.05) is 0 Å². The fourth-order valence-corrected chi connectivity index (χ4v) is 4.86. The Morgan fingerprint density at radius 1 is 1.14 bits per heavy atom. The van der Waals surface area contributed by atoms with Crippen LogP contribution in [0.1, 0.15) is 5.56 Å². The van der Waals surface area contributed by atoms with E-state index in [9.17, 15) is 8.42 Å². The second-order valence-corrected chi connectivity index (χ2v) is 7.85. The molecule has 7 heteroatoms. The van der Waals surface area contributed by atoms with Crippen molar-refractivity contribution < 1.29 is 8.42 Å². The van der Waals surface area contributed by atoms with Crippen molar-refractivity contribution >= 4 is 43.2 Å². The number of aromatic nitrogens is 1. The van der Waals surface area contributed by atoms with E-state index in [1.807, 2.05) is 19.1 Å². The monoisotopic (exact) mass is 352 g/mol. The molecule has 0 saturated carbocycles. The summed E-state index contributed by atoms with van der Waals surface area (Å²) in [6.07, 6.45) is 0. The minimum absolute atomic E-state index is 0.176. The maximum absolute atomic E-state index is 12.4. The van der Waals surface area contributed by atoms with Crippen LogP contribution < -0.4 is 4.80 Å². The summed E-state index contributed by atoms with van der Waals surface area (Å²) in [6, 6.07) is 11.9. The maximum atomic E-state index is 12.4. The Morgan fingerprint density at radius 2 is 1.82 bits per heavy atom. The average molecular weight is 353 g/mol. The van der Waals surface area contributed by atoms with Crippen LogP contribution in [0, 0.1) is 6.92 Å². The van der Waals surface area contributed by atoms with Crippen LogP contribution in [0.3, 0.4) is 0 Å². The molecule has 0 N–H and O–H groups in total. The van der Waals surface area contributed by atoms with Crippen LogP contribution in [0.25, 0.3) is 10.2 Å². The molecule has 114 valence electrons. The first-order chi connectivity index (χ1) is 10.4. The van der Waals surface area contributed by atoms with Gasteiger partial charge < -0.3 is 4.57 Å². The highest BCUT2D eigenvalue weighted by Crippen LogP contribution is 2.28. The molecule has 0 spiro atoms. The molecule has 0 unspecified atom stereocenters. The zero-order chi connectivity index (χ0) is 15.9. The highest BCUT2D eigenvalue weighted by atomic mass is 35.5. The Bertz CT molecular complexity index is 1020. The lowest BCUT2D eigenvalue weighted by molar-refractivity contribution is 0.596. The third-order valence-electron chi connectivity index (χ3n) is 3.34. The molecule has 22 heavy (non-hydrogen) atoms. The van der Waals surface area contributed by atoms with Gasteiger partial charge in [-0.15, -0.1) is 4.40 Å². The third-order valence-corrected chi connectivity index (χ3v) is 6.33. The van der Waals surface area contributed by atoms with E-state index in [0.717, 1.165) is 15.8 Å². The van der Waals surface area contributed by atoms with Crippen molar-refractivity contribution in [1.82, 2.24) is 4.57 Å². The largest absolute Gasteiger partial charge is 0.319 e. The van der Waals surface area contributed by atoms with E-state index >= 15 is 0 Å². The van der Waals surface area contributed by atoms with Gasteiger partial charge in [0.2, 0.25) is 4.80 Å². The molecular weight excluding hydrogens is 340 g/mol. The number of halogens is 1. The van der Waals surface area contributed by atoms with Crippen molar-refractivity contribution in [2.24, 2.45) is 11.4 Å². The molecule has 3 aromatic rings. The lowest BCUT2D eigenvalue weighted by Crippen LogP contribution is -2.14. The Morgan fingerprint density at radius 3 is 2.45 bits per heavy atom. The first-order valence-electron chi connectivity index (χ1n) is 6.51. The van der Waals surface area contributed by atoms with Crippen LogP contribution in [0.15, 0.2) is 51.8 Å². The Hall–Kier alpha value is -1.63. The van der Waals surface area contributed by atoms with E-state index in [0.29, 0.717) is 9.82 Å². The number of benzene rings is 2. The molecule has 1 heterocycles. The van der Waals surface area contributed by atoms with Crippen LogP contribution in [0.2, 0.25) is 5.02 Å². The van der Waals surface area contributed by atoms with Gasteiger partial charge in [0.15, 0.2) is 0 Å². The lowest BCUT2D eigenvalue weighted by Gasteiger charge is -2.01. The third kappa shape index (κ3) is 2.58. The number of nitrogens with zero attached hydrogens (tertiary/aromatic N) is 2. The molecule has 1 aromatic heterocycles. The Balaban J connectivity index is 2.30. The molecular formula is C15H13ClN2O2S2. The van der Waals surface area contributed by atoms with Crippen LogP contribution in [-0.4, -0.2) is 13.0 Å². The molecule has 0 radical (unpaired) electrons. The predicted octanol–water partition coefficient (Wildman–Crippen LogP) is 3.49. The van der Waals surface area contributed by atoms with Crippen LogP contribution in [0.4, 0.5) is 0 Å². The molecule has 0 aliphatic heterocycles. The van der Waals surface area contributed by atoms with Crippen LogP contribution in [-0.2, 0) is 17.1 Å². The summed E-state index contributed by atoms with van der Waals surface area (Å²) < 4.78 is 31.4. The molecule has 4 nitrogen and oxygen atoms in total. The van der Waals surface area contributed by atoms with Crippen molar-refractivity contribution in [3.63, 3.8) is 0 Å². The van der Waals surface area contributed by atoms with Gasteiger partial charge in [0, 0.05) is 7.05 Å². The number of thiazole rings is 1. The normalized spacial score (nSPS) is 13.0. The van der Waals surface area contributed by atoms with Crippen molar-refractivity contribution in [3.8, 4) is 0 Å². The molecule has 0 amide bonds. The number of sulfonamides is 1. The highest BCUT2D eigenvalue weighted by Gasteiger charge is 2.14. The lowest BCUT2D eigenvalue weighted by atomic mass is 10.2. The zero-order valence-corrected chi connectivity index (χ0v) is 14.3. The molecule has 3 rings (SSSR count). The number of fused-ring (bicyclic) bond motifs is 1. The first kappa shape index (κ1) is 15.3. The molecule has 2 aromatic carbocycles. The van der Waals surface area contributed by atoms with Crippen LogP contribution in [0.5, 0.6) is 0 Å². The van der Waals surface area contributed by atoms with Gasteiger partial charge in [0.1, 0.15) is 0 Å². The molecule has 0 saturated heterocycles. The summed E-state index contributed by atoms with van der Waals surface area (Å²) in [4.78, 5) is 0.574. The van der Waals surface area contributed by atoms with E-state index in [2.05, 4.69) is 4.40 Å². The summed E-state index contributed by atoms with van der Waals surface area (Å²) >= 11 is 7.48. The fourth-order valence-electron chi connectivity index (χ4n) is 2.24. The maximum Gasteiger partial charge on any atom is 0.285 e. The second kappa shape index (κ2) is 5.53. The van der Waals surface area contributed by atoms with E-state index < -0.39 is 10.0 Å². The SMILES string of the molecule is Cc1ccc(Cl)c2sc(=NS(=O)(=O)c3ccccc3)n(C)c12. The Labute approximate surface area is 137 Å². The van der Waals surface area contributed by atoms with Crippen molar-refractivity contribution in [2.45, 2.75) is 11.8 Å². The van der Waals surface area contributed by atoms with Gasteiger partial charge in [0.25, 0.3) is 10.0 Å². The van der Waals surface area contributed by atoms with Crippen molar-refractivity contribution in [3.05, 3.63) is 57.9 Å². The van der Waals surface area contributed by atoms with Gasteiger partial charge >= 0.3 is 0 Å². The molecule has 0 atom stereocenters. The van der Waals surface area contributed by atoms with Crippen molar-refractivity contribution in [1.29, 1.82) is 0 Å². The van der Waals surface area contributed by atoms with Gasteiger partial charge in [-0.2, -0.15) is 8.42 Å². The zero-order valence-electron chi connectivity index (χ0n) is 11.9. The van der Waals surface area contributed by atoms with Gasteiger partial charge in [-0.05, 0) is 30.7 Å². The Kier molecular flexibility index (Phi) is 3.84. The van der Waals surface area contributed by atoms with Gasteiger partial charge in [-0.25, -0.2) is 0 Å². The topological polar surface area (TPSA) is 51.4 Å². The van der Waals surface area contributed by atoms with Gasteiger partial charge in [0.05, 0.1) is 20.1 Å².